The van der Waals surface area contributed by atoms with Crippen molar-refractivity contribution in [3.8, 4) is 0 Å². The number of carbonyl (C=O) groups excluding carboxylic acids is 2. The van der Waals surface area contributed by atoms with Gasteiger partial charge in [-0.2, -0.15) is 0 Å². The summed E-state index contributed by atoms with van der Waals surface area (Å²) in [6.07, 6.45) is 0.746. The molecule has 0 bridgehead atoms. The standard InChI is InChI=1S/C9H9NO3/c1-7(12)13-10-9-4-2-8(6-11)3-5-9/h2-6,10H,1H3. The largest absolute Gasteiger partial charge is 0.344 e. The van der Waals surface area contributed by atoms with E-state index in [1.165, 1.54) is 6.92 Å². The fourth-order valence-electron chi connectivity index (χ4n) is 0.761. The molecule has 0 amide bonds. The lowest BCUT2D eigenvalue weighted by atomic mass is 10.2. The average molecular weight is 179 g/mol. The van der Waals surface area contributed by atoms with Crippen molar-refractivity contribution in [3.05, 3.63) is 29.8 Å². The first-order valence-corrected chi connectivity index (χ1v) is 3.71. The molecule has 0 heterocycles. The van der Waals surface area contributed by atoms with Gasteiger partial charge in [0.1, 0.15) is 6.29 Å². The van der Waals surface area contributed by atoms with Crippen LogP contribution in [0.25, 0.3) is 0 Å². The number of anilines is 1. The lowest BCUT2D eigenvalue weighted by Crippen LogP contribution is -2.05. The minimum absolute atomic E-state index is 0.417. The normalized spacial score (nSPS) is 9.00. The van der Waals surface area contributed by atoms with E-state index >= 15 is 0 Å². The third-order valence-electron chi connectivity index (χ3n) is 1.36. The zero-order chi connectivity index (χ0) is 9.68. The van der Waals surface area contributed by atoms with Gasteiger partial charge < -0.3 is 4.84 Å². The van der Waals surface area contributed by atoms with Crippen LogP contribution in [-0.4, -0.2) is 12.3 Å². The Morgan fingerprint density at radius 1 is 1.38 bits per heavy atom. The molecule has 0 aromatic heterocycles. The molecule has 0 fully saturated rings. The van der Waals surface area contributed by atoms with Gasteiger partial charge in [0.15, 0.2) is 0 Å². The first-order chi connectivity index (χ1) is 6.22. The van der Waals surface area contributed by atoms with Crippen LogP contribution in [0.3, 0.4) is 0 Å². The van der Waals surface area contributed by atoms with Crippen LogP contribution in [0.4, 0.5) is 5.69 Å². The Morgan fingerprint density at radius 2 is 2.00 bits per heavy atom. The molecule has 1 N–H and O–H groups in total. The second-order valence-corrected chi connectivity index (χ2v) is 2.44. The maximum atomic E-state index is 10.4. The van der Waals surface area contributed by atoms with Crippen molar-refractivity contribution in [1.29, 1.82) is 0 Å². The summed E-state index contributed by atoms with van der Waals surface area (Å²) in [5.41, 5.74) is 3.63. The maximum absolute atomic E-state index is 10.4. The number of hydrogen-bond acceptors (Lipinski definition) is 4. The molecular weight excluding hydrogens is 170 g/mol. The quantitative estimate of drug-likeness (QED) is 0.562. The molecule has 0 spiro atoms. The van der Waals surface area contributed by atoms with Crippen molar-refractivity contribution in [1.82, 2.24) is 0 Å². The predicted octanol–water partition coefficient (Wildman–Crippen LogP) is 1.39. The number of rotatable bonds is 3. The summed E-state index contributed by atoms with van der Waals surface area (Å²) < 4.78 is 0. The molecule has 4 heteroatoms. The number of nitrogens with one attached hydrogen (secondary N) is 1. The van der Waals surface area contributed by atoms with Crippen molar-refractivity contribution in [2.75, 3.05) is 5.48 Å². The Kier molecular flexibility index (Phi) is 3.03. The van der Waals surface area contributed by atoms with Crippen LogP contribution in [0.2, 0.25) is 0 Å². The lowest BCUT2D eigenvalue weighted by molar-refractivity contribution is -0.138. The number of hydrogen-bond donors (Lipinski definition) is 1. The van der Waals surface area contributed by atoms with Gasteiger partial charge in [0, 0.05) is 12.5 Å². The molecule has 0 aliphatic rings. The fourth-order valence-corrected chi connectivity index (χ4v) is 0.761. The molecule has 0 unspecified atom stereocenters. The molecular formula is C9H9NO3. The highest BCUT2D eigenvalue weighted by Gasteiger charge is 1.94. The van der Waals surface area contributed by atoms with E-state index in [2.05, 4.69) is 10.3 Å². The molecule has 1 aromatic carbocycles. The molecule has 0 aliphatic carbocycles. The molecule has 0 aliphatic heterocycles. The summed E-state index contributed by atoms with van der Waals surface area (Å²) in [6, 6.07) is 6.54. The SMILES string of the molecule is CC(=O)ONc1ccc(C=O)cc1. The average Bonchev–Trinajstić information content (AvgIpc) is 2.15. The van der Waals surface area contributed by atoms with Crippen LogP contribution in [0.5, 0.6) is 0 Å². The van der Waals surface area contributed by atoms with Crippen LogP contribution in [0, 0.1) is 0 Å². The van der Waals surface area contributed by atoms with Crippen molar-refractivity contribution < 1.29 is 14.4 Å². The molecule has 1 aromatic rings. The van der Waals surface area contributed by atoms with Crippen molar-refractivity contribution in [2.24, 2.45) is 0 Å². The molecule has 1 rings (SSSR count). The van der Waals surface area contributed by atoms with Gasteiger partial charge in [-0.15, -0.1) is 0 Å². The smallest absolute Gasteiger partial charge is 0.329 e. The van der Waals surface area contributed by atoms with E-state index in [9.17, 15) is 9.59 Å². The van der Waals surface area contributed by atoms with Gasteiger partial charge in [-0.25, -0.2) is 5.48 Å². The predicted molar refractivity (Wildman–Crippen MR) is 47.2 cm³/mol. The highest BCUT2D eigenvalue weighted by atomic mass is 16.7. The summed E-state index contributed by atoms with van der Waals surface area (Å²) in [5.74, 6) is -0.417. The van der Waals surface area contributed by atoms with Crippen LogP contribution >= 0.6 is 0 Å². The molecule has 0 saturated carbocycles. The second kappa shape index (κ2) is 4.25. The first kappa shape index (κ1) is 9.25. The zero-order valence-electron chi connectivity index (χ0n) is 7.11. The van der Waals surface area contributed by atoms with Crippen molar-refractivity contribution in [2.45, 2.75) is 6.92 Å². The molecule has 13 heavy (non-hydrogen) atoms. The van der Waals surface area contributed by atoms with Gasteiger partial charge in [-0.05, 0) is 24.3 Å². The maximum Gasteiger partial charge on any atom is 0.329 e. The van der Waals surface area contributed by atoms with Crippen molar-refractivity contribution >= 4 is 17.9 Å². The third kappa shape index (κ3) is 2.94. The second-order valence-electron chi connectivity index (χ2n) is 2.44. The van der Waals surface area contributed by atoms with Crippen LogP contribution in [0.1, 0.15) is 17.3 Å². The number of benzene rings is 1. The fraction of sp³-hybridized carbons (Fsp3) is 0.111. The molecule has 0 radical (unpaired) electrons. The minimum atomic E-state index is -0.417. The van der Waals surface area contributed by atoms with Crippen molar-refractivity contribution in [3.63, 3.8) is 0 Å². The Labute approximate surface area is 75.5 Å². The number of aldehydes is 1. The topological polar surface area (TPSA) is 55.4 Å². The minimum Gasteiger partial charge on any atom is -0.344 e. The summed E-state index contributed by atoms with van der Waals surface area (Å²) in [7, 11) is 0. The van der Waals surface area contributed by atoms with E-state index < -0.39 is 5.97 Å². The van der Waals surface area contributed by atoms with Gasteiger partial charge in [-0.1, -0.05) is 0 Å². The monoisotopic (exact) mass is 179 g/mol. The van der Waals surface area contributed by atoms with E-state index in [1.807, 2.05) is 0 Å². The van der Waals surface area contributed by atoms with Gasteiger partial charge in [0.2, 0.25) is 0 Å². The highest BCUT2D eigenvalue weighted by molar-refractivity contribution is 5.75. The molecule has 4 nitrogen and oxygen atoms in total. The van der Waals surface area contributed by atoms with E-state index in [0.717, 1.165) is 6.29 Å². The summed E-state index contributed by atoms with van der Waals surface area (Å²) in [5, 5.41) is 0. The van der Waals surface area contributed by atoms with Gasteiger partial charge >= 0.3 is 5.97 Å². The number of carbonyl (C=O) groups is 2. The van der Waals surface area contributed by atoms with Crippen LogP contribution < -0.4 is 5.48 Å². The van der Waals surface area contributed by atoms with E-state index in [4.69, 9.17) is 0 Å². The first-order valence-electron chi connectivity index (χ1n) is 3.71. The summed E-state index contributed by atoms with van der Waals surface area (Å²) in [6.45, 7) is 1.30. The van der Waals surface area contributed by atoms with E-state index in [0.29, 0.717) is 11.3 Å². The zero-order valence-corrected chi connectivity index (χ0v) is 7.11. The van der Waals surface area contributed by atoms with Crippen LogP contribution in [-0.2, 0) is 9.63 Å². The van der Waals surface area contributed by atoms with E-state index in [1.54, 1.807) is 24.3 Å². The summed E-state index contributed by atoms with van der Waals surface area (Å²) >= 11 is 0. The molecule has 68 valence electrons. The molecule has 0 saturated heterocycles. The lowest BCUT2D eigenvalue weighted by Gasteiger charge is -2.03. The Morgan fingerprint density at radius 3 is 2.46 bits per heavy atom. The highest BCUT2D eigenvalue weighted by Crippen LogP contribution is 2.07. The Bertz CT molecular complexity index is 305. The van der Waals surface area contributed by atoms with E-state index in [-0.39, 0.29) is 0 Å². The van der Waals surface area contributed by atoms with Crippen LogP contribution in [0.15, 0.2) is 24.3 Å². The molecule has 0 atom stereocenters. The van der Waals surface area contributed by atoms with Gasteiger partial charge in [-0.3, -0.25) is 9.59 Å². The van der Waals surface area contributed by atoms with Gasteiger partial charge in [0.05, 0.1) is 5.69 Å². The van der Waals surface area contributed by atoms with Gasteiger partial charge in [0.25, 0.3) is 0 Å². The Hall–Kier alpha value is -1.84. The Balaban J connectivity index is 2.59. The third-order valence-corrected chi connectivity index (χ3v) is 1.36. The summed E-state index contributed by atoms with van der Waals surface area (Å²) in [4.78, 5) is 25.2.